The van der Waals surface area contributed by atoms with Gasteiger partial charge < -0.3 is 10.5 Å². The minimum atomic E-state index is -0.344. The Morgan fingerprint density at radius 3 is 2.73 bits per heavy atom. The summed E-state index contributed by atoms with van der Waals surface area (Å²) in [6, 6.07) is 11.4. The van der Waals surface area contributed by atoms with E-state index in [1.54, 1.807) is 19.4 Å². The van der Waals surface area contributed by atoms with E-state index in [2.05, 4.69) is 20.5 Å². The first-order chi connectivity index (χ1) is 12.7. The van der Waals surface area contributed by atoms with Crippen molar-refractivity contribution in [1.29, 1.82) is 0 Å². The Balaban J connectivity index is 1.62. The van der Waals surface area contributed by atoms with Gasteiger partial charge in [-0.1, -0.05) is 41.7 Å². The maximum absolute atomic E-state index is 12.6. The molecule has 26 heavy (non-hydrogen) atoms. The quantitative estimate of drug-likeness (QED) is 0.557. The van der Waals surface area contributed by atoms with Crippen molar-refractivity contribution >= 4 is 49.6 Å². The van der Waals surface area contributed by atoms with Gasteiger partial charge in [-0.15, -0.1) is 21.5 Å². The van der Waals surface area contributed by atoms with Crippen LogP contribution in [0.4, 0.5) is 10.8 Å². The van der Waals surface area contributed by atoms with E-state index in [-0.39, 0.29) is 5.91 Å². The summed E-state index contributed by atoms with van der Waals surface area (Å²) < 4.78 is 5.31. The van der Waals surface area contributed by atoms with Crippen LogP contribution in [-0.4, -0.2) is 28.2 Å². The number of nitrogens with zero attached hydrogens (tertiary/aromatic N) is 3. The normalized spacial score (nSPS) is 10.8. The van der Waals surface area contributed by atoms with E-state index in [0.717, 1.165) is 10.6 Å². The highest BCUT2D eigenvalue weighted by molar-refractivity contribution is 7.21. The van der Waals surface area contributed by atoms with E-state index >= 15 is 0 Å². The van der Waals surface area contributed by atoms with Gasteiger partial charge >= 0.3 is 0 Å². The molecule has 0 saturated heterocycles. The van der Waals surface area contributed by atoms with Gasteiger partial charge in [0.2, 0.25) is 5.13 Å². The van der Waals surface area contributed by atoms with Crippen LogP contribution in [-0.2, 0) is 0 Å². The van der Waals surface area contributed by atoms with Gasteiger partial charge in [0.15, 0.2) is 0 Å². The van der Waals surface area contributed by atoms with E-state index in [9.17, 15) is 4.79 Å². The average molecular weight is 383 g/mol. The van der Waals surface area contributed by atoms with Crippen molar-refractivity contribution in [1.82, 2.24) is 15.2 Å². The molecule has 1 amide bonds. The van der Waals surface area contributed by atoms with Crippen LogP contribution < -0.4 is 15.8 Å². The van der Waals surface area contributed by atoms with Crippen LogP contribution in [0.1, 0.15) is 9.67 Å². The SMILES string of the molecule is COc1ccnc2sc(C(=O)Nc3nnc(-c4ccccc4)s3)c(N)c12. The molecule has 0 bridgehead atoms. The summed E-state index contributed by atoms with van der Waals surface area (Å²) in [6.45, 7) is 0. The second-order valence-corrected chi connectivity index (χ2v) is 7.25. The molecule has 3 aromatic heterocycles. The largest absolute Gasteiger partial charge is 0.496 e. The first kappa shape index (κ1) is 16.4. The first-order valence-corrected chi connectivity index (χ1v) is 9.22. The molecule has 0 spiro atoms. The molecule has 0 aliphatic rings. The average Bonchev–Trinajstić information content (AvgIpc) is 3.27. The van der Waals surface area contributed by atoms with E-state index in [1.165, 1.54) is 22.7 Å². The van der Waals surface area contributed by atoms with Crippen molar-refractivity contribution in [3.63, 3.8) is 0 Å². The smallest absolute Gasteiger partial charge is 0.269 e. The molecular weight excluding hydrogens is 370 g/mol. The highest BCUT2D eigenvalue weighted by Crippen LogP contribution is 2.38. The van der Waals surface area contributed by atoms with Crippen LogP contribution in [0.15, 0.2) is 42.6 Å². The Hall–Kier alpha value is -3.04. The fraction of sp³-hybridized carbons (Fsp3) is 0.0588. The van der Waals surface area contributed by atoms with E-state index < -0.39 is 0 Å². The molecule has 0 unspecified atom stereocenters. The lowest BCUT2D eigenvalue weighted by Crippen LogP contribution is -2.11. The number of aromatic nitrogens is 3. The number of nitrogen functional groups attached to an aromatic ring is 1. The number of nitrogens with one attached hydrogen (secondary N) is 1. The van der Waals surface area contributed by atoms with Crippen molar-refractivity contribution in [3.05, 3.63) is 47.5 Å². The molecule has 0 saturated carbocycles. The molecular formula is C17H13N5O2S2. The third-order valence-corrected chi connectivity index (χ3v) is 5.68. The second kappa shape index (κ2) is 6.70. The maximum Gasteiger partial charge on any atom is 0.269 e. The zero-order chi connectivity index (χ0) is 18.1. The molecule has 3 N–H and O–H groups in total. The predicted octanol–water partition coefficient (Wildman–Crippen LogP) is 3.66. The Kier molecular flexibility index (Phi) is 4.23. The van der Waals surface area contributed by atoms with E-state index in [4.69, 9.17) is 10.5 Å². The summed E-state index contributed by atoms with van der Waals surface area (Å²) in [5.74, 6) is 0.244. The minimum Gasteiger partial charge on any atom is -0.496 e. The number of nitrogens with two attached hydrogens (primary N) is 1. The van der Waals surface area contributed by atoms with Gasteiger partial charge in [-0.2, -0.15) is 0 Å². The van der Waals surface area contributed by atoms with Gasteiger partial charge in [0.25, 0.3) is 5.91 Å². The van der Waals surface area contributed by atoms with Gasteiger partial charge in [0.1, 0.15) is 20.5 Å². The number of rotatable bonds is 4. The molecule has 1 aromatic carbocycles. The summed E-state index contributed by atoms with van der Waals surface area (Å²) in [7, 11) is 1.55. The number of methoxy groups -OCH3 is 1. The number of amides is 1. The van der Waals surface area contributed by atoms with Crippen LogP contribution in [0.2, 0.25) is 0 Å². The number of fused-ring (bicyclic) bond motifs is 1. The molecule has 0 atom stereocenters. The number of carbonyl (C=O) groups excluding carboxylic acids is 1. The van der Waals surface area contributed by atoms with Gasteiger partial charge in [-0.25, -0.2) is 4.98 Å². The van der Waals surface area contributed by atoms with Crippen molar-refractivity contribution in [2.24, 2.45) is 0 Å². The van der Waals surface area contributed by atoms with Crippen molar-refractivity contribution in [3.8, 4) is 16.3 Å². The monoisotopic (exact) mass is 383 g/mol. The Labute approximate surface area is 156 Å². The molecule has 4 aromatic rings. The number of pyridine rings is 1. The zero-order valence-electron chi connectivity index (χ0n) is 13.6. The number of benzene rings is 1. The lowest BCUT2D eigenvalue weighted by molar-refractivity contribution is 0.103. The topological polar surface area (TPSA) is 103 Å². The first-order valence-electron chi connectivity index (χ1n) is 7.58. The highest BCUT2D eigenvalue weighted by atomic mass is 32.1. The fourth-order valence-corrected chi connectivity index (χ4v) is 4.20. The molecule has 0 radical (unpaired) electrons. The number of ether oxygens (including phenoxy) is 1. The Morgan fingerprint density at radius 1 is 1.15 bits per heavy atom. The summed E-state index contributed by atoms with van der Waals surface area (Å²) >= 11 is 2.51. The van der Waals surface area contributed by atoms with Crippen LogP contribution in [0, 0.1) is 0 Å². The van der Waals surface area contributed by atoms with Crippen molar-refractivity contribution in [2.75, 3.05) is 18.2 Å². The fourth-order valence-electron chi connectivity index (χ4n) is 2.48. The third-order valence-electron chi connectivity index (χ3n) is 3.68. The number of hydrogen-bond donors (Lipinski definition) is 2. The minimum absolute atomic E-state index is 0.344. The molecule has 3 heterocycles. The van der Waals surface area contributed by atoms with Crippen LogP contribution >= 0.6 is 22.7 Å². The van der Waals surface area contributed by atoms with Crippen LogP contribution in [0.5, 0.6) is 5.75 Å². The summed E-state index contributed by atoms with van der Waals surface area (Å²) in [6.07, 6.45) is 1.62. The lowest BCUT2D eigenvalue weighted by Gasteiger charge is -2.02. The molecule has 0 fully saturated rings. The van der Waals surface area contributed by atoms with Gasteiger partial charge in [-0.05, 0) is 6.07 Å². The molecule has 9 heteroatoms. The number of anilines is 2. The second-order valence-electron chi connectivity index (χ2n) is 5.27. The molecule has 130 valence electrons. The Morgan fingerprint density at radius 2 is 1.96 bits per heavy atom. The number of thiophene rings is 1. The Bertz CT molecular complexity index is 1090. The number of hydrogen-bond acceptors (Lipinski definition) is 8. The number of carbonyl (C=O) groups is 1. The van der Waals surface area contributed by atoms with Crippen molar-refractivity contribution in [2.45, 2.75) is 0 Å². The third kappa shape index (κ3) is 2.87. The maximum atomic E-state index is 12.6. The van der Waals surface area contributed by atoms with Crippen LogP contribution in [0.3, 0.4) is 0 Å². The standard InChI is InChI=1S/C17H13N5O2S2/c1-24-10-7-8-19-16-11(10)12(18)13(25-16)14(23)20-17-22-21-15(26-17)9-5-3-2-4-6-9/h2-8H,18H2,1H3,(H,20,22,23). The molecule has 0 aliphatic heterocycles. The van der Waals surface area contributed by atoms with E-state index in [1.807, 2.05) is 30.3 Å². The molecule has 7 nitrogen and oxygen atoms in total. The molecule has 4 rings (SSSR count). The van der Waals surface area contributed by atoms with Crippen molar-refractivity contribution < 1.29 is 9.53 Å². The zero-order valence-corrected chi connectivity index (χ0v) is 15.2. The summed E-state index contributed by atoms with van der Waals surface area (Å²) in [5, 5.41) is 12.7. The van der Waals surface area contributed by atoms with Crippen LogP contribution in [0.25, 0.3) is 20.8 Å². The summed E-state index contributed by atoms with van der Waals surface area (Å²) in [4.78, 5) is 17.9. The van der Waals surface area contributed by atoms with Gasteiger partial charge in [0, 0.05) is 11.8 Å². The van der Waals surface area contributed by atoms with Gasteiger partial charge in [0.05, 0.1) is 18.2 Å². The van der Waals surface area contributed by atoms with E-state index in [0.29, 0.717) is 31.7 Å². The van der Waals surface area contributed by atoms with Gasteiger partial charge in [-0.3, -0.25) is 10.1 Å². The highest BCUT2D eigenvalue weighted by Gasteiger charge is 2.21. The predicted molar refractivity (Wildman–Crippen MR) is 104 cm³/mol. The lowest BCUT2D eigenvalue weighted by atomic mass is 10.2. The molecule has 0 aliphatic carbocycles. The summed E-state index contributed by atoms with van der Waals surface area (Å²) in [5.41, 5.74) is 7.46.